The molecule has 0 spiro atoms. The highest BCUT2D eigenvalue weighted by Gasteiger charge is 2.29. The molecule has 0 bridgehead atoms. The molecule has 28 heavy (non-hydrogen) atoms. The van der Waals surface area contributed by atoms with Gasteiger partial charge in [-0.3, -0.25) is 14.5 Å². The molecule has 6 heteroatoms. The fourth-order valence-corrected chi connectivity index (χ4v) is 4.24. The van der Waals surface area contributed by atoms with Crippen LogP contribution in [0.15, 0.2) is 24.3 Å². The molecule has 0 radical (unpaired) electrons. The summed E-state index contributed by atoms with van der Waals surface area (Å²) < 4.78 is 5.60. The summed E-state index contributed by atoms with van der Waals surface area (Å²) in [5.41, 5.74) is 0.619. The van der Waals surface area contributed by atoms with Crippen LogP contribution in [0.4, 0.5) is 0 Å². The zero-order valence-corrected chi connectivity index (χ0v) is 17.2. The van der Waals surface area contributed by atoms with E-state index >= 15 is 0 Å². The Hall–Kier alpha value is -2.08. The molecule has 2 fully saturated rings. The predicted octanol–water partition coefficient (Wildman–Crippen LogP) is 2.63. The van der Waals surface area contributed by atoms with E-state index in [2.05, 4.69) is 16.7 Å². The molecule has 1 atom stereocenters. The van der Waals surface area contributed by atoms with Crippen LogP contribution in [0.5, 0.6) is 5.75 Å². The number of amides is 2. The summed E-state index contributed by atoms with van der Waals surface area (Å²) in [7, 11) is 0. The molecule has 1 aromatic carbocycles. The lowest BCUT2D eigenvalue weighted by atomic mass is 10.00. The van der Waals surface area contributed by atoms with Gasteiger partial charge in [0.1, 0.15) is 5.75 Å². The number of ether oxygens (including phenoxy) is 1. The van der Waals surface area contributed by atoms with Crippen molar-refractivity contribution in [3.8, 4) is 5.75 Å². The van der Waals surface area contributed by atoms with Crippen molar-refractivity contribution in [1.82, 2.24) is 14.7 Å². The third kappa shape index (κ3) is 4.85. The fraction of sp³-hybridized carbons (Fsp3) is 0.636. The van der Waals surface area contributed by atoms with E-state index in [1.54, 1.807) is 0 Å². The third-order valence-corrected chi connectivity index (χ3v) is 5.85. The van der Waals surface area contributed by atoms with E-state index in [1.807, 2.05) is 36.1 Å². The smallest absolute Gasteiger partial charge is 0.257 e. The normalized spacial score (nSPS) is 20.9. The van der Waals surface area contributed by atoms with Gasteiger partial charge >= 0.3 is 0 Å². The molecular formula is C22H33N3O3. The van der Waals surface area contributed by atoms with Crippen LogP contribution in [0.25, 0.3) is 0 Å². The SMILES string of the molecule is CCOc1ccccc1C(=O)N1CCN(CC(=O)N2CCCCC2CC)CC1. The third-order valence-electron chi connectivity index (χ3n) is 5.85. The summed E-state index contributed by atoms with van der Waals surface area (Å²) in [6, 6.07) is 7.82. The number of carbonyl (C=O) groups is 2. The first-order chi connectivity index (χ1) is 13.6. The maximum absolute atomic E-state index is 12.9. The van der Waals surface area contributed by atoms with Crippen molar-refractivity contribution in [3.05, 3.63) is 29.8 Å². The van der Waals surface area contributed by atoms with E-state index < -0.39 is 0 Å². The summed E-state index contributed by atoms with van der Waals surface area (Å²) >= 11 is 0. The average Bonchev–Trinajstić information content (AvgIpc) is 2.74. The van der Waals surface area contributed by atoms with Gasteiger partial charge in [-0.15, -0.1) is 0 Å². The van der Waals surface area contributed by atoms with Gasteiger partial charge in [-0.25, -0.2) is 0 Å². The number of hydrogen-bond acceptors (Lipinski definition) is 4. The Kier molecular flexibility index (Phi) is 7.31. The molecule has 1 unspecified atom stereocenters. The quantitative estimate of drug-likeness (QED) is 0.753. The molecule has 1 aromatic rings. The van der Waals surface area contributed by atoms with Crippen LogP contribution in [0.2, 0.25) is 0 Å². The Morgan fingerprint density at radius 3 is 2.50 bits per heavy atom. The second-order valence-electron chi connectivity index (χ2n) is 7.64. The number of piperazine rings is 1. The van der Waals surface area contributed by atoms with Crippen molar-refractivity contribution >= 4 is 11.8 Å². The summed E-state index contributed by atoms with van der Waals surface area (Å²) in [6.45, 7) is 8.74. The van der Waals surface area contributed by atoms with Crippen LogP contribution < -0.4 is 4.74 Å². The van der Waals surface area contributed by atoms with Crippen LogP contribution in [0, 0.1) is 0 Å². The highest BCUT2D eigenvalue weighted by atomic mass is 16.5. The molecule has 2 amide bonds. The van der Waals surface area contributed by atoms with Crippen LogP contribution in [-0.2, 0) is 4.79 Å². The molecule has 0 aliphatic carbocycles. The number of hydrogen-bond donors (Lipinski definition) is 0. The molecule has 2 aliphatic heterocycles. The van der Waals surface area contributed by atoms with Crippen molar-refractivity contribution in [2.24, 2.45) is 0 Å². The van der Waals surface area contributed by atoms with Gasteiger partial charge < -0.3 is 14.5 Å². The van der Waals surface area contributed by atoms with E-state index in [0.29, 0.717) is 43.6 Å². The Morgan fingerprint density at radius 1 is 1.04 bits per heavy atom. The van der Waals surface area contributed by atoms with Gasteiger partial charge in [0.15, 0.2) is 0 Å². The van der Waals surface area contributed by atoms with Gasteiger partial charge in [-0.05, 0) is 44.7 Å². The van der Waals surface area contributed by atoms with E-state index in [9.17, 15) is 9.59 Å². The van der Waals surface area contributed by atoms with Crippen LogP contribution in [0.3, 0.4) is 0 Å². The standard InChI is InChI=1S/C22H33N3O3/c1-3-18-9-7-8-12-25(18)21(26)17-23-13-15-24(16-14-23)22(27)19-10-5-6-11-20(19)28-4-2/h5-6,10-11,18H,3-4,7-9,12-17H2,1-2H3. The maximum Gasteiger partial charge on any atom is 0.257 e. The lowest BCUT2D eigenvalue weighted by Gasteiger charge is -2.39. The molecule has 2 aliphatic rings. The first-order valence-corrected chi connectivity index (χ1v) is 10.7. The number of benzene rings is 1. The van der Waals surface area contributed by atoms with E-state index in [-0.39, 0.29) is 11.8 Å². The number of piperidine rings is 1. The number of nitrogens with zero attached hydrogens (tertiary/aromatic N) is 3. The summed E-state index contributed by atoms with van der Waals surface area (Å²) in [4.78, 5) is 31.8. The molecule has 2 saturated heterocycles. The lowest BCUT2D eigenvalue weighted by molar-refractivity contribution is -0.136. The Morgan fingerprint density at radius 2 is 1.79 bits per heavy atom. The van der Waals surface area contributed by atoms with Crippen LogP contribution >= 0.6 is 0 Å². The highest BCUT2D eigenvalue weighted by molar-refractivity contribution is 5.97. The second kappa shape index (κ2) is 9.92. The van der Waals surface area contributed by atoms with E-state index in [1.165, 1.54) is 6.42 Å². The Bertz CT molecular complexity index is 671. The molecule has 154 valence electrons. The summed E-state index contributed by atoms with van der Waals surface area (Å²) in [5.74, 6) is 0.897. The van der Waals surface area contributed by atoms with Gasteiger partial charge in [-0.1, -0.05) is 19.1 Å². The van der Waals surface area contributed by atoms with Gasteiger partial charge in [0, 0.05) is 38.8 Å². The van der Waals surface area contributed by atoms with Gasteiger partial charge in [-0.2, -0.15) is 0 Å². The van der Waals surface area contributed by atoms with Gasteiger partial charge in [0.25, 0.3) is 5.91 Å². The highest BCUT2D eigenvalue weighted by Crippen LogP contribution is 2.22. The minimum Gasteiger partial charge on any atom is -0.493 e. The first-order valence-electron chi connectivity index (χ1n) is 10.7. The van der Waals surface area contributed by atoms with Crippen molar-refractivity contribution in [3.63, 3.8) is 0 Å². The average molecular weight is 388 g/mol. The first kappa shape index (κ1) is 20.6. The largest absolute Gasteiger partial charge is 0.493 e. The monoisotopic (exact) mass is 387 g/mol. The number of para-hydroxylation sites is 1. The summed E-state index contributed by atoms with van der Waals surface area (Å²) in [6.07, 6.45) is 4.51. The molecule has 0 saturated carbocycles. The second-order valence-corrected chi connectivity index (χ2v) is 7.64. The zero-order valence-electron chi connectivity index (χ0n) is 17.2. The zero-order chi connectivity index (χ0) is 19.9. The molecule has 2 heterocycles. The van der Waals surface area contributed by atoms with Crippen LogP contribution in [0.1, 0.15) is 49.9 Å². The van der Waals surface area contributed by atoms with E-state index in [4.69, 9.17) is 4.74 Å². The van der Waals surface area contributed by atoms with Crippen LogP contribution in [-0.4, -0.2) is 78.4 Å². The van der Waals surface area contributed by atoms with Crippen molar-refractivity contribution < 1.29 is 14.3 Å². The molecule has 0 aromatic heterocycles. The molecule has 0 N–H and O–H groups in total. The minimum atomic E-state index is 0.0112. The predicted molar refractivity (Wildman–Crippen MR) is 110 cm³/mol. The fourth-order valence-electron chi connectivity index (χ4n) is 4.24. The van der Waals surface area contributed by atoms with Gasteiger partial charge in [0.2, 0.25) is 5.91 Å². The topological polar surface area (TPSA) is 53.1 Å². The lowest BCUT2D eigenvalue weighted by Crippen LogP contribution is -2.53. The molecular weight excluding hydrogens is 354 g/mol. The van der Waals surface area contributed by atoms with Gasteiger partial charge in [0.05, 0.1) is 18.7 Å². The Balaban J connectivity index is 1.53. The van der Waals surface area contributed by atoms with Crippen molar-refractivity contribution in [1.29, 1.82) is 0 Å². The van der Waals surface area contributed by atoms with Crippen molar-refractivity contribution in [2.75, 3.05) is 45.9 Å². The molecule has 6 nitrogen and oxygen atoms in total. The minimum absolute atomic E-state index is 0.0112. The number of rotatable bonds is 6. The summed E-state index contributed by atoms with van der Waals surface area (Å²) in [5, 5.41) is 0. The maximum atomic E-state index is 12.9. The molecule has 3 rings (SSSR count). The number of likely N-dealkylation sites (tertiary alicyclic amines) is 1. The van der Waals surface area contributed by atoms with E-state index in [0.717, 1.165) is 38.9 Å². The Labute approximate surface area is 168 Å². The van der Waals surface area contributed by atoms with Crippen molar-refractivity contribution in [2.45, 2.75) is 45.6 Å². The number of carbonyl (C=O) groups excluding carboxylic acids is 2.